The number of phenols is 1. The van der Waals surface area contributed by atoms with Crippen LogP contribution in [0.2, 0.25) is 0 Å². The molecule has 170 valence electrons. The Morgan fingerprint density at radius 1 is 1.12 bits per heavy atom. The molecule has 1 saturated heterocycles. The summed E-state index contributed by atoms with van der Waals surface area (Å²) in [5, 5.41) is 15.6. The molecule has 2 aromatic carbocycles. The number of benzene rings is 2. The van der Waals surface area contributed by atoms with Gasteiger partial charge in [0.1, 0.15) is 17.4 Å². The minimum absolute atomic E-state index is 0.0365. The molecule has 3 N–H and O–H groups in total. The predicted molar refractivity (Wildman–Crippen MR) is 114 cm³/mol. The second-order valence-corrected chi connectivity index (χ2v) is 7.73. The van der Waals surface area contributed by atoms with Gasteiger partial charge >= 0.3 is 0 Å². The van der Waals surface area contributed by atoms with Crippen LogP contribution in [-0.4, -0.2) is 47.4 Å². The third-order valence-electron chi connectivity index (χ3n) is 5.24. The van der Waals surface area contributed by atoms with Crippen LogP contribution in [0.4, 0.5) is 14.5 Å². The third kappa shape index (κ3) is 5.60. The minimum atomic E-state index is -0.887. The average molecular weight is 445 g/mol. The first kappa shape index (κ1) is 23.2. The highest BCUT2D eigenvalue weighted by molar-refractivity contribution is 6.05. The molecule has 0 aliphatic carbocycles. The number of aromatic hydroxyl groups is 1. The van der Waals surface area contributed by atoms with Crippen molar-refractivity contribution in [2.24, 2.45) is 5.92 Å². The van der Waals surface area contributed by atoms with Gasteiger partial charge in [-0.15, -0.1) is 0 Å². The number of nitrogens with zero attached hydrogens (tertiary/aromatic N) is 1. The van der Waals surface area contributed by atoms with Crippen molar-refractivity contribution in [1.29, 1.82) is 0 Å². The second-order valence-electron chi connectivity index (χ2n) is 7.73. The van der Waals surface area contributed by atoms with E-state index in [1.165, 1.54) is 23.1 Å². The standard InChI is InChI=1S/C23H25F2N3O4/c1-2-7-26-21(30)14-4-3-8-28(13-14)23(32)19-6-5-18(12-20(19)29)27-22(31)15-9-16(24)11-17(25)10-15/h5-6,9-12,14,29H,2-4,7-8,13H2,1H3,(H,26,30)(H,27,31). The maximum Gasteiger partial charge on any atom is 0.257 e. The number of hydrogen-bond donors (Lipinski definition) is 3. The van der Waals surface area contributed by atoms with E-state index in [0.29, 0.717) is 32.0 Å². The highest BCUT2D eigenvalue weighted by Crippen LogP contribution is 2.26. The number of carbonyl (C=O) groups excluding carboxylic acids is 3. The van der Waals surface area contributed by atoms with Gasteiger partial charge in [-0.2, -0.15) is 0 Å². The summed E-state index contributed by atoms with van der Waals surface area (Å²) in [5.74, 6) is -3.69. The molecule has 0 radical (unpaired) electrons. The Hall–Kier alpha value is -3.49. The molecule has 2 aromatic rings. The molecule has 1 aliphatic heterocycles. The Kier molecular flexibility index (Phi) is 7.40. The lowest BCUT2D eigenvalue weighted by molar-refractivity contribution is -0.126. The summed E-state index contributed by atoms with van der Waals surface area (Å²) in [4.78, 5) is 38.9. The highest BCUT2D eigenvalue weighted by atomic mass is 19.1. The van der Waals surface area contributed by atoms with Crippen LogP contribution in [0.25, 0.3) is 0 Å². The van der Waals surface area contributed by atoms with E-state index >= 15 is 0 Å². The predicted octanol–water partition coefficient (Wildman–Crippen LogP) is 3.30. The zero-order valence-corrected chi connectivity index (χ0v) is 17.7. The van der Waals surface area contributed by atoms with E-state index < -0.39 is 23.4 Å². The van der Waals surface area contributed by atoms with Crippen LogP contribution >= 0.6 is 0 Å². The summed E-state index contributed by atoms with van der Waals surface area (Å²) in [6.45, 7) is 3.28. The van der Waals surface area contributed by atoms with Crippen molar-refractivity contribution in [3.8, 4) is 5.75 Å². The highest BCUT2D eigenvalue weighted by Gasteiger charge is 2.29. The Morgan fingerprint density at radius 3 is 2.50 bits per heavy atom. The van der Waals surface area contributed by atoms with Crippen LogP contribution < -0.4 is 10.6 Å². The SMILES string of the molecule is CCCNC(=O)C1CCCN(C(=O)c2ccc(NC(=O)c3cc(F)cc(F)c3)cc2O)C1. The minimum Gasteiger partial charge on any atom is -0.507 e. The molecule has 0 spiro atoms. The van der Waals surface area contributed by atoms with Gasteiger partial charge in [0.25, 0.3) is 11.8 Å². The number of anilines is 1. The molecule has 1 heterocycles. The smallest absolute Gasteiger partial charge is 0.257 e. The zero-order valence-electron chi connectivity index (χ0n) is 17.7. The Bertz CT molecular complexity index is 1010. The van der Waals surface area contributed by atoms with E-state index in [-0.39, 0.29) is 40.9 Å². The lowest BCUT2D eigenvalue weighted by atomic mass is 9.96. The summed E-state index contributed by atoms with van der Waals surface area (Å²) < 4.78 is 26.6. The van der Waals surface area contributed by atoms with E-state index in [1.807, 2.05) is 6.92 Å². The molecule has 3 amide bonds. The van der Waals surface area contributed by atoms with E-state index in [9.17, 15) is 28.3 Å². The average Bonchev–Trinajstić information content (AvgIpc) is 2.76. The van der Waals surface area contributed by atoms with Crippen LogP contribution in [0.15, 0.2) is 36.4 Å². The summed E-state index contributed by atoms with van der Waals surface area (Å²) in [6, 6.07) is 6.40. The van der Waals surface area contributed by atoms with E-state index in [2.05, 4.69) is 10.6 Å². The molecule has 1 atom stereocenters. The van der Waals surface area contributed by atoms with Gasteiger partial charge in [-0.3, -0.25) is 14.4 Å². The van der Waals surface area contributed by atoms with Crippen LogP contribution in [0.1, 0.15) is 46.9 Å². The van der Waals surface area contributed by atoms with Crippen LogP contribution in [0.5, 0.6) is 5.75 Å². The quantitative estimate of drug-likeness (QED) is 0.635. The van der Waals surface area contributed by atoms with Crippen molar-refractivity contribution in [1.82, 2.24) is 10.2 Å². The van der Waals surface area contributed by atoms with Gasteiger partial charge in [-0.25, -0.2) is 8.78 Å². The molecule has 1 unspecified atom stereocenters. The van der Waals surface area contributed by atoms with Crippen molar-refractivity contribution in [2.75, 3.05) is 25.0 Å². The second kappa shape index (κ2) is 10.2. The van der Waals surface area contributed by atoms with Crippen LogP contribution in [0, 0.1) is 17.6 Å². The summed E-state index contributed by atoms with van der Waals surface area (Å²) in [6.07, 6.45) is 2.19. The Balaban J connectivity index is 1.68. The third-order valence-corrected chi connectivity index (χ3v) is 5.24. The van der Waals surface area contributed by atoms with Gasteiger partial charge in [-0.05, 0) is 43.5 Å². The molecule has 7 nitrogen and oxygen atoms in total. The maximum absolute atomic E-state index is 13.3. The largest absolute Gasteiger partial charge is 0.507 e. The monoisotopic (exact) mass is 445 g/mol. The molecular formula is C23H25F2N3O4. The van der Waals surface area contributed by atoms with Crippen molar-refractivity contribution >= 4 is 23.4 Å². The number of likely N-dealkylation sites (tertiary alicyclic amines) is 1. The van der Waals surface area contributed by atoms with E-state index in [1.54, 1.807) is 0 Å². The van der Waals surface area contributed by atoms with Gasteiger partial charge in [0.2, 0.25) is 5.91 Å². The number of carbonyl (C=O) groups is 3. The van der Waals surface area contributed by atoms with E-state index in [0.717, 1.165) is 18.6 Å². The fourth-order valence-electron chi connectivity index (χ4n) is 3.62. The van der Waals surface area contributed by atoms with Gasteiger partial charge in [0.05, 0.1) is 11.5 Å². The van der Waals surface area contributed by atoms with Crippen molar-refractivity contribution < 1.29 is 28.3 Å². The van der Waals surface area contributed by atoms with Gasteiger partial charge in [-0.1, -0.05) is 6.92 Å². The first-order valence-corrected chi connectivity index (χ1v) is 10.5. The van der Waals surface area contributed by atoms with Crippen LogP contribution in [-0.2, 0) is 4.79 Å². The van der Waals surface area contributed by atoms with Gasteiger partial charge in [0.15, 0.2) is 0 Å². The normalized spacial score (nSPS) is 15.8. The summed E-state index contributed by atoms with van der Waals surface area (Å²) in [7, 11) is 0. The summed E-state index contributed by atoms with van der Waals surface area (Å²) in [5.41, 5.74) is -0.0264. The topological polar surface area (TPSA) is 98.7 Å². The number of rotatable bonds is 6. The molecule has 0 aromatic heterocycles. The Morgan fingerprint density at radius 2 is 1.84 bits per heavy atom. The number of hydrogen-bond acceptors (Lipinski definition) is 4. The van der Waals surface area contributed by atoms with Crippen LogP contribution in [0.3, 0.4) is 0 Å². The molecule has 1 fully saturated rings. The lowest BCUT2D eigenvalue weighted by Crippen LogP contribution is -2.45. The first-order chi connectivity index (χ1) is 15.3. The molecule has 9 heteroatoms. The Labute approximate surface area is 184 Å². The first-order valence-electron chi connectivity index (χ1n) is 10.5. The number of nitrogens with one attached hydrogen (secondary N) is 2. The van der Waals surface area contributed by atoms with Crippen molar-refractivity contribution in [3.63, 3.8) is 0 Å². The maximum atomic E-state index is 13.3. The van der Waals surface area contributed by atoms with Gasteiger partial charge in [0, 0.05) is 43.0 Å². The zero-order chi connectivity index (χ0) is 23.3. The summed E-state index contributed by atoms with van der Waals surface area (Å²) >= 11 is 0. The number of phenolic OH excluding ortho intramolecular Hbond substituents is 1. The van der Waals surface area contributed by atoms with Gasteiger partial charge < -0.3 is 20.6 Å². The van der Waals surface area contributed by atoms with Crippen molar-refractivity contribution in [3.05, 3.63) is 59.2 Å². The number of piperidine rings is 1. The fourth-order valence-corrected chi connectivity index (χ4v) is 3.62. The van der Waals surface area contributed by atoms with Crippen molar-refractivity contribution in [2.45, 2.75) is 26.2 Å². The number of halogens is 2. The molecule has 1 aliphatic rings. The molecule has 0 bridgehead atoms. The molecule has 3 rings (SSSR count). The molecule has 32 heavy (non-hydrogen) atoms. The molecule has 0 saturated carbocycles. The van der Waals surface area contributed by atoms with E-state index in [4.69, 9.17) is 0 Å². The number of amides is 3. The fraction of sp³-hybridized carbons (Fsp3) is 0.348. The lowest BCUT2D eigenvalue weighted by Gasteiger charge is -2.32. The molecular weight excluding hydrogens is 420 g/mol.